The van der Waals surface area contributed by atoms with Gasteiger partial charge in [0, 0.05) is 0 Å². The molecule has 0 spiro atoms. The third-order valence-electron chi connectivity index (χ3n) is 13.2. The molecule has 4 rings (SSSR count). The normalized spacial score (nSPS) is 40.2. The minimum atomic E-state index is -4.73. The fourth-order valence-corrected chi connectivity index (χ4v) is 9.76. The SMILES string of the molecule is CC(O)(C1CCC(C2CC(C3CCC(C(C)(O)C(F)(F)F)CC3)CC(C3CCC(C(C)(O)C(F)(F)F)CC3)C2)CC1)C(F)(F)F. The minimum absolute atomic E-state index is 0.153. The molecule has 0 aliphatic heterocycles. The molecule has 4 fully saturated rings. The molecule has 3 N–H and O–H groups in total. The van der Waals surface area contributed by atoms with Crippen molar-refractivity contribution in [2.45, 2.75) is 152 Å². The molecule has 4 saturated carbocycles. The van der Waals surface area contributed by atoms with E-state index >= 15 is 0 Å². The molecule has 4 aliphatic rings. The highest BCUT2D eigenvalue weighted by Crippen LogP contribution is 2.55. The largest absolute Gasteiger partial charge is 0.417 e. The minimum Gasteiger partial charge on any atom is -0.380 e. The van der Waals surface area contributed by atoms with Gasteiger partial charge in [-0.05, 0) is 170 Å². The van der Waals surface area contributed by atoms with Crippen molar-refractivity contribution in [1.82, 2.24) is 0 Å². The van der Waals surface area contributed by atoms with Crippen molar-refractivity contribution in [3.05, 3.63) is 0 Å². The summed E-state index contributed by atoms with van der Waals surface area (Å²) in [6.45, 7) is 2.51. The van der Waals surface area contributed by atoms with Crippen molar-refractivity contribution in [2.24, 2.45) is 53.3 Å². The summed E-state index contributed by atoms with van der Waals surface area (Å²) in [6, 6.07) is 0. The van der Waals surface area contributed by atoms with Gasteiger partial charge in [0.25, 0.3) is 0 Å². The molecule has 0 amide bonds. The summed E-state index contributed by atoms with van der Waals surface area (Å²) in [4.78, 5) is 0. The number of halogens is 9. The first-order valence-corrected chi connectivity index (χ1v) is 16.8. The van der Waals surface area contributed by atoms with Crippen molar-refractivity contribution in [3.63, 3.8) is 0 Å². The molecule has 0 saturated heterocycles. The van der Waals surface area contributed by atoms with E-state index in [0.29, 0.717) is 38.5 Å². The average Bonchev–Trinajstić information content (AvgIpc) is 2.95. The lowest BCUT2D eigenvalue weighted by Gasteiger charge is -2.49. The van der Waals surface area contributed by atoms with Crippen molar-refractivity contribution in [2.75, 3.05) is 0 Å². The quantitative estimate of drug-likeness (QED) is 0.248. The van der Waals surface area contributed by atoms with E-state index in [2.05, 4.69) is 0 Å². The summed E-state index contributed by atoms with van der Waals surface area (Å²) in [5.41, 5.74) is -8.29. The van der Waals surface area contributed by atoms with E-state index in [1.165, 1.54) is 0 Å². The molecule has 0 aromatic rings. The molecular formula is C33H51F9O3. The van der Waals surface area contributed by atoms with Gasteiger partial charge in [-0.2, -0.15) is 39.5 Å². The number of hydrogen-bond donors (Lipinski definition) is 3. The second-order valence-corrected chi connectivity index (χ2v) is 15.8. The lowest BCUT2D eigenvalue weighted by Crippen LogP contribution is -2.51. The van der Waals surface area contributed by atoms with Crippen molar-refractivity contribution >= 4 is 0 Å². The van der Waals surface area contributed by atoms with E-state index in [1.54, 1.807) is 0 Å². The Balaban J connectivity index is 1.46. The Kier molecular flexibility index (Phi) is 10.7. The second-order valence-electron chi connectivity index (χ2n) is 15.8. The topological polar surface area (TPSA) is 60.7 Å². The Bertz CT molecular complexity index is 834. The van der Waals surface area contributed by atoms with Gasteiger partial charge >= 0.3 is 18.5 Å². The van der Waals surface area contributed by atoms with Gasteiger partial charge in [0.2, 0.25) is 0 Å². The van der Waals surface area contributed by atoms with Crippen LogP contribution < -0.4 is 0 Å². The lowest BCUT2D eigenvalue weighted by molar-refractivity contribution is -0.276. The summed E-state index contributed by atoms with van der Waals surface area (Å²) in [6.07, 6.45) is -6.94. The Labute approximate surface area is 260 Å². The number of aliphatic hydroxyl groups is 3. The van der Waals surface area contributed by atoms with Crippen LogP contribution in [0.15, 0.2) is 0 Å². The molecule has 3 unspecified atom stereocenters. The van der Waals surface area contributed by atoms with Crippen LogP contribution in [0, 0.1) is 53.3 Å². The monoisotopic (exact) mass is 666 g/mol. The van der Waals surface area contributed by atoms with Gasteiger partial charge in [0.15, 0.2) is 16.8 Å². The van der Waals surface area contributed by atoms with E-state index in [1.807, 2.05) is 0 Å². The molecule has 4 aliphatic carbocycles. The van der Waals surface area contributed by atoms with Gasteiger partial charge < -0.3 is 15.3 Å². The highest BCUT2D eigenvalue weighted by atomic mass is 19.4. The molecule has 45 heavy (non-hydrogen) atoms. The van der Waals surface area contributed by atoms with Crippen LogP contribution in [0.5, 0.6) is 0 Å². The van der Waals surface area contributed by atoms with Gasteiger partial charge in [-0.15, -0.1) is 0 Å². The molecule has 3 atom stereocenters. The smallest absolute Gasteiger partial charge is 0.380 e. The van der Waals surface area contributed by atoms with Crippen molar-refractivity contribution in [3.8, 4) is 0 Å². The predicted octanol–water partition coefficient (Wildman–Crippen LogP) is 9.38. The Hall–Kier alpha value is -0.750. The molecule has 264 valence electrons. The summed E-state index contributed by atoms with van der Waals surface area (Å²) in [7, 11) is 0. The molecule has 0 bridgehead atoms. The molecule has 12 heteroatoms. The molecule has 0 heterocycles. The number of rotatable bonds is 6. The maximum atomic E-state index is 13.5. The van der Waals surface area contributed by atoms with E-state index in [9.17, 15) is 54.8 Å². The van der Waals surface area contributed by atoms with Crippen LogP contribution in [0.4, 0.5) is 39.5 Å². The van der Waals surface area contributed by atoms with Gasteiger partial charge in [-0.25, -0.2) is 0 Å². The Morgan fingerprint density at radius 3 is 0.667 bits per heavy atom. The molecule has 0 radical (unpaired) electrons. The van der Waals surface area contributed by atoms with Crippen LogP contribution in [0.3, 0.4) is 0 Å². The average molecular weight is 667 g/mol. The fraction of sp³-hybridized carbons (Fsp3) is 1.00. The Morgan fingerprint density at radius 1 is 0.333 bits per heavy atom. The van der Waals surface area contributed by atoms with Crippen LogP contribution in [-0.2, 0) is 0 Å². The fourth-order valence-electron chi connectivity index (χ4n) is 9.76. The summed E-state index contributed by atoms with van der Waals surface area (Å²) in [5.74, 6) is -1.64. The van der Waals surface area contributed by atoms with Gasteiger partial charge in [0.05, 0.1) is 0 Å². The standard InChI is InChI=1S/C33H51F9O3/c1-28(43,31(34,35)36)25-10-4-19(5-11-25)22-16-23(20-6-12-26(13-7-20)29(2,44)32(37,38)39)18-24(17-22)21-8-14-27(15-9-21)30(3,45)33(40,41)42/h19-27,43-45H,4-18H2,1-3H3. The summed E-state index contributed by atoms with van der Waals surface area (Å²) >= 11 is 0. The van der Waals surface area contributed by atoms with E-state index < -0.39 is 53.1 Å². The lowest BCUT2D eigenvalue weighted by atomic mass is 9.57. The highest BCUT2D eigenvalue weighted by molar-refractivity contribution is 4.98. The summed E-state index contributed by atoms with van der Waals surface area (Å²) in [5, 5.41) is 30.8. The molecular weight excluding hydrogens is 615 g/mol. The van der Waals surface area contributed by atoms with Crippen molar-refractivity contribution < 1.29 is 54.8 Å². The highest BCUT2D eigenvalue weighted by Gasteiger charge is 2.58. The maximum Gasteiger partial charge on any atom is 0.417 e. The first-order chi connectivity index (χ1) is 20.5. The Morgan fingerprint density at radius 2 is 0.511 bits per heavy atom. The van der Waals surface area contributed by atoms with Gasteiger partial charge in [-0.3, -0.25) is 0 Å². The van der Waals surface area contributed by atoms with Crippen LogP contribution >= 0.6 is 0 Å². The number of alkyl halides is 9. The predicted molar refractivity (Wildman–Crippen MR) is 151 cm³/mol. The second kappa shape index (κ2) is 12.9. The summed E-state index contributed by atoms with van der Waals surface area (Å²) < 4.78 is 122. The maximum absolute atomic E-state index is 13.5. The zero-order chi connectivity index (χ0) is 33.8. The zero-order valence-corrected chi connectivity index (χ0v) is 26.5. The number of hydrogen-bond acceptors (Lipinski definition) is 3. The van der Waals surface area contributed by atoms with Crippen LogP contribution in [0.2, 0.25) is 0 Å². The molecule has 0 aromatic heterocycles. The van der Waals surface area contributed by atoms with Crippen LogP contribution in [0.25, 0.3) is 0 Å². The molecule has 0 aromatic carbocycles. The van der Waals surface area contributed by atoms with E-state index in [0.717, 1.165) is 40.0 Å². The third-order valence-corrected chi connectivity index (χ3v) is 13.2. The first-order valence-electron chi connectivity index (χ1n) is 16.8. The van der Waals surface area contributed by atoms with Gasteiger partial charge in [0.1, 0.15) is 0 Å². The van der Waals surface area contributed by atoms with Gasteiger partial charge in [-0.1, -0.05) is 0 Å². The van der Waals surface area contributed by atoms with Crippen LogP contribution in [0.1, 0.15) is 117 Å². The van der Waals surface area contributed by atoms with E-state index in [-0.39, 0.29) is 74.0 Å². The third kappa shape index (κ3) is 7.62. The van der Waals surface area contributed by atoms with E-state index in [4.69, 9.17) is 0 Å². The molecule has 3 nitrogen and oxygen atoms in total. The van der Waals surface area contributed by atoms with Crippen LogP contribution in [-0.4, -0.2) is 50.7 Å². The van der Waals surface area contributed by atoms with Crippen molar-refractivity contribution in [1.29, 1.82) is 0 Å². The first kappa shape index (κ1) is 37.1. The zero-order valence-electron chi connectivity index (χ0n) is 26.5.